The SMILES string of the molecule is Cc1ccc2cc(S(=O)(=O)N[C@@H](CCCNc3ncc[nH]3)C(=O)N3CCC(C)CC3C(N)=O)ccc2n1. The molecule has 2 amide bonds. The third-order valence-electron chi connectivity index (χ3n) is 6.64. The predicted molar refractivity (Wildman–Crippen MR) is 140 cm³/mol. The van der Waals surface area contributed by atoms with Crippen LogP contribution < -0.4 is 15.8 Å². The van der Waals surface area contributed by atoms with Crippen LogP contribution in [0.4, 0.5) is 5.95 Å². The molecule has 2 aromatic heterocycles. The normalized spacial score (nSPS) is 19.0. The van der Waals surface area contributed by atoms with E-state index in [0.29, 0.717) is 49.2 Å². The van der Waals surface area contributed by atoms with Crippen molar-refractivity contribution >= 4 is 38.7 Å². The number of carbonyl (C=O) groups excluding carboxylic acids is 2. The zero-order valence-corrected chi connectivity index (χ0v) is 21.8. The van der Waals surface area contributed by atoms with Crippen molar-refractivity contribution in [2.45, 2.75) is 56.5 Å². The fraction of sp³-hybridized carbons (Fsp3) is 0.440. The molecular weight excluding hydrogens is 494 g/mol. The number of amides is 2. The molecule has 3 heterocycles. The Hall–Kier alpha value is -3.51. The first-order chi connectivity index (χ1) is 17.6. The molecule has 37 heavy (non-hydrogen) atoms. The second kappa shape index (κ2) is 11.3. The van der Waals surface area contributed by atoms with Crippen molar-refractivity contribution in [1.29, 1.82) is 0 Å². The van der Waals surface area contributed by atoms with Crippen molar-refractivity contribution in [3.8, 4) is 0 Å². The van der Waals surface area contributed by atoms with Gasteiger partial charge in [0.2, 0.25) is 21.8 Å². The molecule has 5 N–H and O–H groups in total. The zero-order chi connectivity index (χ0) is 26.6. The lowest BCUT2D eigenvalue weighted by molar-refractivity contribution is -0.143. The highest BCUT2D eigenvalue weighted by Crippen LogP contribution is 2.25. The molecule has 1 aromatic carbocycles. The van der Waals surface area contributed by atoms with Crippen LogP contribution in [-0.4, -0.2) is 65.3 Å². The smallest absolute Gasteiger partial charge is 0.241 e. The topological polar surface area (TPSA) is 163 Å². The number of aromatic nitrogens is 3. The summed E-state index contributed by atoms with van der Waals surface area (Å²) in [5.41, 5.74) is 7.13. The van der Waals surface area contributed by atoms with E-state index >= 15 is 0 Å². The molecule has 1 fully saturated rings. The predicted octanol–water partition coefficient (Wildman–Crippen LogP) is 1.92. The summed E-state index contributed by atoms with van der Waals surface area (Å²) in [5.74, 6) is -0.208. The number of aryl methyl sites for hydroxylation is 1. The maximum Gasteiger partial charge on any atom is 0.241 e. The van der Waals surface area contributed by atoms with Gasteiger partial charge in [-0.05, 0) is 62.8 Å². The number of hydrogen-bond acceptors (Lipinski definition) is 7. The summed E-state index contributed by atoms with van der Waals surface area (Å²) in [6.07, 6.45) is 5.17. The van der Waals surface area contributed by atoms with E-state index < -0.39 is 33.9 Å². The van der Waals surface area contributed by atoms with E-state index in [4.69, 9.17) is 5.73 Å². The number of carbonyl (C=O) groups is 2. The average Bonchev–Trinajstić information content (AvgIpc) is 3.38. The van der Waals surface area contributed by atoms with Gasteiger partial charge in [-0.15, -0.1) is 0 Å². The zero-order valence-electron chi connectivity index (χ0n) is 21.0. The maximum absolute atomic E-state index is 13.6. The van der Waals surface area contributed by atoms with Gasteiger partial charge >= 0.3 is 0 Å². The van der Waals surface area contributed by atoms with Gasteiger partial charge in [-0.1, -0.05) is 13.0 Å². The minimum Gasteiger partial charge on any atom is -0.368 e. The van der Waals surface area contributed by atoms with Crippen molar-refractivity contribution in [2.24, 2.45) is 11.7 Å². The van der Waals surface area contributed by atoms with Crippen molar-refractivity contribution in [2.75, 3.05) is 18.4 Å². The fourth-order valence-electron chi connectivity index (χ4n) is 4.61. The van der Waals surface area contributed by atoms with Gasteiger partial charge in [0.1, 0.15) is 12.1 Å². The van der Waals surface area contributed by atoms with Crippen LogP contribution in [0.5, 0.6) is 0 Å². The summed E-state index contributed by atoms with van der Waals surface area (Å²) < 4.78 is 29.4. The molecule has 0 radical (unpaired) electrons. The number of benzene rings is 1. The number of nitrogens with two attached hydrogens (primary N) is 1. The number of sulfonamides is 1. The second-order valence-electron chi connectivity index (χ2n) is 9.57. The summed E-state index contributed by atoms with van der Waals surface area (Å²) >= 11 is 0. The number of pyridine rings is 1. The number of rotatable bonds is 10. The highest BCUT2D eigenvalue weighted by Gasteiger charge is 2.37. The van der Waals surface area contributed by atoms with Gasteiger partial charge in [-0.25, -0.2) is 13.4 Å². The summed E-state index contributed by atoms with van der Waals surface area (Å²) in [7, 11) is -4.05. The lowest BCUT2D eigenvalue weighted by Crippen LogP contribution is -2.57. The number of nitrogens with one attached hydrogen (secondary N) is 3. The number of likely N-dealkylation sites (tertiary alicyclic amines) is 1. The Morgan fingerprint density at radius 3 is 2.81 bits per heavy atom. The van der Waals surface area contributed by atoms with Gasteiger partial charge < -0.3 is 20.9 Å². The number of H-pyrrole nitrogens is 1. The van der Waals surface area contributed by atoms with Crippen molar-refractivity contribution in [1.82, 2.24) is 24.6 Å². The lowest BCUT2D eigenvalue weighted by atomic mass is 9.91. The maximum atomic E-state index is 13.6. The van der Waals surface area contributed by atoms with E-state index in [9.17, 15) is 18.0 Å². The second-order valence-corrected chi connectivity index (χ2v) is 11.3. The van der Waals surface area contributed by atoms with E-state index in [-0.39, 0.29) is 17.2 Å². The molecule has 1 aliphatic heterocycles. The summed E-state index contributed by atoms with van der Waals surface area (Å²) in [6.45, 7) is 4.69. The molecule has 0 aliphatic carbocycles. The van der Waals surface area contributed by atoms with Crippen LogP contribution in [0.3, 0.4) is 0 Å². The summed E-state index contributed by atoms with van der Waals surface area (Å²) in [5, 5.41) is 3.78. The quantitative estimate of drug-likeness (QED) is 0.293. The first-order valence-electron chi connectivity index (χ1n) is 12.4. The number of nitrogens with zero attached hydrogens (tertiary/aromatic N) is 3. The highest BCUT2D eigenvalue weighted by molar-refractivity contribution is 7.89. The number of primary amides is 1. The molecule has 198 valence electrons. The molecule has 12 heteroatoms. The van der Waals surface area contributed by atoms with Gasteiger partial charge in [0.05, 0.1) is 10.4 Å². The minimum atomic E-state index is -4.05. The molecule has 1 aliphatic rings. The van der Waals surface area contributed by atoms with Crippen molar-refractivity contribution < 1.29 is 18.0 Å². The largest absolute Gasteiger partial charge is 0.368 e. The van der Waals surface area contributed by atoms with Crippen LogP contribution >= 0.6 is 0 Å². The van der Waals surface area contributed by atoms with Gasteiger partial charge in [0.15, 0.2) is 5.95 Å². The van der Waals surface area contributed by atoms with Crippen molar-refractivity contribution in [3.05, 3.63) is 48.4 Å². The van der Waals surface area contributed by atoms with E-state index in [1.807, 2.05) is 26.0 Å². The molecule has 0 bridgehead atoms. The van der Waals surface area contributed by atoms with Crippen LogP contribution in [0.1, 0.15) is 38.3 Å². The summed E-state index contributed by atoms with van der Waals surface area (Å²) in [6, 6.07) is 6.46. The Kier molecular flexibility index (Phi) is 8.08. The number of imidazole rings is 1. The van der Waals surface area contributed by atoms with Crippen LogP contribution in [0, 0.1) is 12.8 Å². The van der Waals surface area contributed by atoms with E-state index in [0.717, 1.165) is 5.69 Å². The lowest BCUT2D eigenvalue weighted by Gasteiger charge is -2.38. The Balaban J connectivity index is 1.55. The monoisotopic (exact) mass is 527 g/mol. The van der Waals surface area contributed by atoms with Gasteiger partial charge in [-0.2, -0.15) is 4.72 Å². The molecule has 3 atom stereocenters. The number of piperidine rings is 1. The van der Waals surface area contributed by atoms with Crippen LogP contribution in [0.2, 0.25) is 0 Å². The van der Waals surface area contributed by atoms with Crippen molar-refractivity contribution in [3.63, 3.8) is 0 Å². The third kappa shape index (κ3) is 6.44. The van der Waals surface area contributed by atoms with Crippen LogP contribution in [-0.2, 0) is 19.6 Å². The van der Waals surface area contributed by atoms with E-state index in [1.165, 1.54) is 11.0 Å². The molecule has 1 saturated heterocycles. The van der Waals surface area contributed by atoms with Gasteiger partial charge in [-0.3, -0.25) is 14.6 Å². The molecule has 2 unspecified atom stereocenters. The standard InChI is InChI=1S/C25H33N7O4S/c1-16-9-13-32(22(14-16)23(26)33)24(34)21(4-3-10-27-25-28-11-12-29-25)31-37(35,36)19-7-8-20-18(15-19)6-5-17(2)30-20/h5-8,11-12,15-16,21-22,31H,3-4,9-10,13-14H2,1-2H3,(H2,26,33)(H2,27,28,29)/t16?,21-,22?/m0/s1. The number of hydrogen-bond donors (Lipinski definition) is 4. The number of anilines is 1. The minimum absolute atomic E-state index is 0.0379. The number of aromatic amines is 1. The number of fused-ring (bicyclic) bond motifs is 1. The Morgan fingerprint density at radius 1 is 1.27 bits per heavy atom. The molecular formula is C25H33N7O4S. The Labute approximate surface area is 216 Å². The Morgan fingerprint density at radius 2 is 2.08 bits per heavy atom. The van der Waals surface area contributed by atoms with Gasteiger partial charge in [0.25, 0.3) is 0 Å². The fourth-order valence-corrected chi connectivity index (χ4v) is 5.87. The van der Waals surface area contributed by atoms with Gasteiger partial charge in [0, 0.05) is 36.6 Å². The highest BCUT2D eigenvalue weighted by atomic mass is 32.2. The first kappa shape index (κ1) is 26.6. The average molecular weight is 528 g/mol. The van der Waals surface area contributed by atoms with E-state index in [1.54, 1.807) is 24.5 Å². The molecule has 3 aromatic rings. The molecule has 11 nitrogen and oxygen atoms in total. The van der Waals surface area contributed by atoms with Crippen LogP contribution in [0.15, 0.2) is 47.6 Å². The molecule has 0 saturated carbocycles. The Bertz CT molecular complexity index is 1360. The third-order valence-corrected chi connectivity index (χ3v) is 8.11. The van der Waals surface area contributed by atoms with Crippen LogP contribution in [0.25, 0.3) is 10.9 Å². The van der Waals surface area contributed by atoms with E-state index in [2.05, 4.69) is 25.0 Å². The molecule has 4 rings (SSSR count). The first-order valence-corrected chi connectivity index (χ1v) is 13.8. The molecule has 0 spiro atoms. The summed E-state index contributed by atoms with van der Waals surface area (Å²) in [4.78, 5) is 38.7.